The highest BCUT2D eigenvalue weighted by molar-refractivity contribution is 7.99. The molecule has 0 aliphatic heterocycles. The minimum absolute atomic E-state index is 0.322. The summed E-state index contributed by atoms with van der Waals surface area (Å²) in [5.41, 5.74) is 1.20. The van der Waals surface area contributed by atoms with Gasteiger partial charge in [-0.05, 0) is 26.3 Å². The minimum atomic E-state index is 0.322. The average Bonchev–Trinajstić information content (AvgIpc) is 3.12. The number of thioether (sulfide) groups is 1. The molecule has 1 atom stereocenters. The van der Waals surface area contributed by atoms with Crippen molar-refractivity contribution in [3.05, 3.63) is 11.9 Å². The molecule has 1 saturated carbocycles. The summed E-state index contributed by atoms with van der Waals surface area (Å²) in [6.07, 6.45) is 7.41. The van der Waals surface area contributed by atoms with Crippen LogP contribution in [0.5, 0.6) is 5.75 Å². The second-order valence-corrected chi connectivity index (χ2v) is 6.60. The predicted molar refractivity (Wildman–Crippen MR) is 85.6 cm³/mol. The Morgan fingerprint density at radius 1 is 1.45 bits per heavy atom. The van der Waals surface area contributed by atoms with Gasteiger partial charge in [-0.3, -0.25) is 4.68 Å². The highest BCUT2D eigenvalue weighted by Gasteiger charge is 2.23. The molecule has 1 aromatic heterocycles. The van der Waals surface area contributed by atoms with Crippen molar-refractivity contribution in [2.75, 3.05) is 19.4 Å². The lowest BCUT2D eigenvalue weighted by Gasteiger charge is -2.21. The number of hydrogen-bond donors (Lipinski definition) is 1. The first kappa shape index (κ1) is 15.7. The van der Waals surface area contributed by atoms with Crippen molar-refractivity contribution in [3.63, 3.8) is 0 Å². The maximum Gasteiger partial charge on any atom is 0.161 e. The summed E-state index contributed by atoms with van der Waals surface area (Å²) in [4.78, 5) is 0. The topological polar surface area (TPSA) is 39.1 Å². The van der Waals surface area contributed by atoms with Crippen LogP contribution < -0.4 is 10.1 Å². The number of aryl methyl sites for hydroxylation is 1. The van der Waals surface area contributed by atoms with Gasteiger partial charge in [0.15, 0.2) is 5.75 Å². The largest absolute Gasteiger partial charge is 0.493 e. The van der Waals surface area contributed by atoms with Crippen molar-refractivity contribution in [1.29, 1.82) is 0 Å². The van der Waals surface area contributed by atoms with E-state index in [9.17, 15) is 0 Å². The Kier molecular flexibility index (Phi) is 6.23. The van der Waals surface area contributed by atoms with Crippen LogP contribution in [0.25, 0.3) is 0 Å². The summed E-state index contributed by atoms with van der Waals surface area (Å²) >= 11 is 2.11. The molecule has 2 rings (SSSR count). The summed E-state index contributed by atoms with van der Waals surface area (Å²) in [6.45, 7) is 6.14. The van der Waals surface area contributed by atoms with E-state index in [0.717, 1.165) is 29.8 Å². The van der Waals surface area contributed by atoms with Crippen LogP contribution in [-0.2, 0) is 6.54 Å². The monoisotopic (exact) mass is 297 g/mol. The van der Waals surface area contributed by atoms with Crippen molar-refractivity contribution in [3.8, 4) is 5.75 Å². The molecule has 20 heavy (non-hydrogen) atoms. The van der Waals surface area contributed by atoms with Crippen molar-refractivity contribution in [1.82, 2.24) is 15.1 Å². The van der Waals surface area contributed by atoms with Gasteiger partial charge in [0.25, 0.3) is 0 Å². The molecule has 0 radical (unpaired) electrons. The van der Waals surface area contributed by atoms with Crippen molar-refractivity contribution in [2.24, 2.45) is 0 Å². The van der Waals surface area contributed by atoms with E-state index in [2.05, 4.69) is 40.7 Å². The van der Waals surface area contributed by atoms with Crippen LogP contribution in [0.4, 0.5) is 0 Å². The fourth-order valence-electron chi connectivity index (χ4n) is 2.91. The van der Waals surface area contributed by atoms with Crippen molar-refractivity contribution >= 4 is 11.8 Å². The van der Waals surface area contributed by atoms with E-state index in [-0.39, 0.29) is 0 Å². The molecular weight excluding hydrogens is 270 g/mol. The highest BCUT2D eigenvalue weighted by Crippen LogP contribution is 2.34. The van der Waals surface area contributed by atoms with Gasteiger partial charge in [0.05, 0.1) is 25.0 Å². The molecule has 1 aromatic rings. The molecular formula is C15H27N3OS. The third-order valence-corrected chi connectivity index (χ3v) is 5.41. The van der Waals surface area contributed by atoms with Gasteiger partial charge in [-0.25, -0.2) is 0 Å². The van der Waals surface area contributed by atoms with Gasteiger partial charge in [-0.15, -0.1) is 0 Å². The maximum absolute atomic E-state index is 5.49. The van der Waals surface area contributed by atoms with E-state index >= 15 is 0 Å². The fourth-order valence-corrected chi connectivity index (χ4v) is 4.31. The van der Waals surface area contributed by atoms with Crippen LogP contribution in [0.15, 0.2) is 6.20 Å². The van der Waals surface area contributed by atoms with Gasteiger partial charge >= 0.3 is 0 Å². The van der Waals surface area contributed by atoms with Gasteiger partial charge in [0.2, 0.25) is 0 Å². The van der Waals surface area contributed by atoms with Crippen LogP contribution >= 0.6 is 11.8 Å². The van der Waals surface area contributed by atoms with Crippen LogP contribution in [0.1, 0.15) is 51.3 Å². The van der Waals surface area contributed by atoms with Crippen molar-refractivity contribution in [2.45, 2.75) is 57.4 Å². The highest BCUT2D eigenvalue weighted by atomic mass is 32.2. The molecule has 5 heteroatoms. The molecule has 1 fully saturated rings. The minimum Gasteiger partial charge on any atom is -0.493 e. The SMILES string of the molecule is CCNC(CSC1CCCC1)c1c(OC)cnn1CC. The molecule has 1 aliphatic carbocycles. The molecule has 1 heterocycles. The van der Waals surface area contributed by atoms with E-state index in [0.29, 0.717) is 6.04 Å². The Balaban J connectivity index is 2.07. The summed E-state index contributed by atoms with van der Waals surface area (Å²) in [7, 11) is 1.73. The first-order valence-corrected chi connectivity index (χ1v) is 8.79. The quantitative estimate of drug-likeness (QED) is 0.799. The lowest BCUT2D eigenvalue weighted by Crippen LogP contribution is -2.26. The molecule has 1 aliphatic rings. The summed E-state index contributed by atoms with van der Waals surface area (Å²) < 4.78 is 7.55. The summed E-state index contributed by atoms with van der Waals surface area (Å²) in [5.74, 6) is 2.01. The molecule has 1 N–H and O–H groups in total. The number of ether oxygens (including phenoxy) is 1. The molecule has 0 amide bonds. The van der Waals surface area contributed by atoms with E-state index in [1.165, 1.54) is 31.4 Å². The van der Waals surface area contributed by atoms with E-state index in [4.69, 9.17) is 4.74 Å². The molecule has 0 aromatic carbocycles. The third kappa shape index (κ3) is 3.70. The number of aromatic nitrogens is 2. The Morgan fingerprint density at radius 2 is 2.20 bits per heavy atom. The Labute approximate surface area is 126 Å². The van der Waals surface area contributed by atoms with Gasteiger partial charge in [0, 0.05) is 17.5 Å². The third-order valence-electron chi connectivity index (χ3n) is 3.95. The second-order valence-electron chi connectivity index (χ2n) is 5.26. The average molecular weight is 297 g/mol. The number of nitrogens with one attached hydrogen (secondary N) is 1. The number of hydrogen-bond acceptors (Lipinski definition) is 4. The first-order chi connectivity index (χ1) is 9.80. The predicted octanol–water partition coefficient (Wildman–Crippen LogP) is 3.24. The van der Waals surface area contributed by atoms with Crippen molar-refractivity contribution < 1.29 is 4.74 Å². The number of methoxy groups -OCH3 is 1. The zero-order chi connectivity index (χ0) is 14.4. The molecule has 0 saturated heterocycles. The van der Waals surface area contributed by atoms with Gasteiger partial charge in [0.1, 0.15) is 0 Å². The van der Waals surface area contributed by atoms with Gasteiger partial charge < -0.3 is 10.1 Å². The second kappa shape index (κ2) is 7.93. The summed E-state index contributed by atoms with van der Waals surface area (Å²) in [5, 5.41) is 8.87. The zero-order valence-corrected chi connectivity index (χ0v) is 13.7. The van der Waals surface area contributed by atoms with E-state index < -0.39 is 0 Å². The van der Waals surface area contributed by atoms with Crippen LogP contribution in [-0.4, -0.2) is 34.4 Å². The van der Waals surface area contributed by atoms with E-state index in [1.807, 2.05) is 6.20 Å². The van der Waals surface area contributed by atoms with E-state index in [1.54, 1.807) is 7.11 Å². The standard InChI is InChI=1S/C15H27N3OS/c1-4-16-13(11-20-12-8-6-7-9-12)15-14(19-3)10-17-18(15)5-2/h10,12-13,16H,4-9,11H2,1-3H3. The molecule has 1 unspecified atom stereocenters. The summed E-state index contributed by atoms with van der Waals surface area (Å²) in [6, 6.07) is 0.322. The maximum atomic E-state index is 5.49. The van der Waals surface area contributed by atoms with Crippen LogP contribution in [0.3, 0.4) is 0 Å². The van der Waals surface area contributed by atoms with Crippen LogP contribution in [0, 0.1) is 0 Å². The van der Waals surface area contributed by atoms with Gasteiger partial charge in [-0.1, -0.05) is 19.8 Å². The zero-order valence-electron chi connectivity index (χ0n) is 12.9. The first-order valence-electron chi connectivity index (χ1n) is 7.74. The lowest BCUT2D eigenvalue weighted by molar-refractivity contribution is 0.397. The van der Waals surface area contributed by atoms with Gasteiger partial charge in [-0.2, -0.15) is 16.9 Å². The Bertz CT molecular complexity index is 380. The fraction of sp³-hybridized carbons (Fsp3) is 0.800. The molecule has 0 bridgehead atoms. The molecule has 114 valence electrons. The smallest absolute Gasteiger partial charge is 0.161 e. The lowest BCUT2D eigenvalue weighted by atomic mass is 10.2. The van der Waals surface area contributed by atoms with Crippen LogP contribution in [0.2, 0.25) is 0 Å². The number of rotatable bonds is 8. The molecule has 4 nitrogen and oxygen atoms in total. The Hall–Kier alpha value is -0.680. The number of nitrogens with zero attached hydrogens (tertiary/aromatic N) is 2. The molecule has 0 spiro atoms. The normalized spacial score (nSPS) is 17.6. The Morgan fingerprint density at radius 3 is 2.80 bits per heavy atom.